The molecule has 2 N–H and O–H groups in total. The summed E-state index contributed by atoms with van der Waals surface area (Å²) in [6.45, 7) is 7.48. The molecule has 19 heavy (non-hydrogen) atoms. The molecular formula is C13H26N2O4. The Morgan fingerprint density at radius 3 is 2.37 bits per heavy atom. The van der Waals surface area contributed by atoms with Gasteiger partial charge in [0.15, 0.2) is 0 Å². The smallest absolute Gasteiger partial charge is 0.408 e. The number of alkyl carbamates (subject to hydrolysis) is 1. The van der Waals surface area contributed by atoms with E-state index in [9.17, 15) is 9.59 Å². The molecule has 0 aliphatic heterocycles. The van der Waals surface area contributed by atoms with Crippen molar-refractivity contribution in [3.05, 3.63) is 0 Å². The van der Waals surface area contributed by atoms with Gasteiger partial charge < -0.3 is 20.1 Å². The summed E-state index contributed by atoms with van der Waals surface area (Å²) in [5, 5.41) is 5.17. The van der Waals surface area contributed by atoms with E-state index < -0.39 is 17.7 Å². The number of carbonyl (C=O) groups excluding carboxylic acids is 2. The molecular weight excluding hydrogens is 248 g/mol. The van der Waals surface area contributed by atoms with Crippen LogP contribution in [0.15, 0.2) is 0 Å². The molecule has 0 aliphatic rings. The second kappa shape index (κ2) is 8.74. The maximum absolute atomic E-state index is 11.8. The number of hydrogen-bond donors (Lipinski definition) is 2. The lowest BCUT2D eigenvalue weighted by Gasteiger charge is -2.23. The maximum atomic E-state index is 11.8. The van der Waals surface area contributed by atoms with Gasteiger partial charge in [0, 0.05) is 7.11 Å². The third-order valence-corrected chi connectivity index (χ3v) is 2.24. The number of methoxy groups -OCH3 is 1. The summed E-state index contributed by atoms with van der Waals surface area (Å²) in [6.07, 6.45) is 1.79. The van der Waals surface area contributed by atoms with Crippen molar-refractivity contribution in [2.75, 3.05) is 13.8 Å². The van der Waals surface area contributed by atoms with Gasteiger partial charge in [-0.05, 0) is 27.2 Å². The number of ether oxygens (including phenoxy) is 2. The van der Waals surface area contributed by atoms with Gasteiger partial charge in [0.1, 0.15) is 18.4 Å². The lowest BCUT2D eigenvalue weighted by Crippen LogP contribution is -2.48. The van der Waals surface area contributed by atoms with Crippen LogP contribution in [-0.4, -0.2) is 37.5 Å². The Morgan fingerprint density at radius 1 is 1.26 bits per heavy atom. The Morgan fingerprint density at radius 2 is 1.89 bits per heavy atom. The summed E-state index contributed by atoms with van der Waals surface area (Å²) < 4.78 is 9.92. The van der Waals surface area contributed by atoms with Crippen molar-refractivity contribution in [2.45, 2.75) is 58.6 Å². The molecule has 112 valence electrons. The Labute approximate surface area is 115 Å². The van der Waals surface area contributed by atoms with Crippen molar-refractivity contribution in [1.82, 2.24) is 10.6 Å². The fraction of sp³-hybridized carbons (Fsp3) is 0.846. The summed E-state index contributed by atoms with van der Waals surface area (Å²) in [5.74, 6) is -0.263. The van der Waals surface area contributed by atoms with Crippen LogP contribution >= 0.6 is 0 Å². The SMILES string of the molecule is CCCC[C@@H](NC(=O)OC(C)(C)C)C(=O)NCOC. The zero-order valence-electron chi connectivity index (χ0n) is 12.5. The minimum Gasteiger partial charge on any atom is -0.444 e. The molecule has 6 nitrogen and oxygen atoms in total. The van der Waals surface area contributed by atoms with Crippen molar-refractivity contribution in [3.8, 4) is 0 Å². The van der Waals surface area contributed by atoms with E-state index in [0.29, 0.717) is 6.42 Å². The summed E-state index contributed by atoms with van der Waals surface area (Å²) in [5.41, 5.74) is -0.581. The fourth-order valence-corrected chi connectivity index (χ4v) is 1.39. The zero-order valence-corrected chi connectivity index (χ0v) is 12.5. The van der Waals surface area contributed by atoms with Gasteiger partial charge in [0.2, 0.25) is 5.91 Å². The number of carbonyl (C=O) groups is 2. The standard InChI is InChI=1S/C13H26N2O4/c1-6-7-8-10(11(16)14-9-18-5)15-12(17)19-13(2,3)4/h10H,6-9H2,1-5H3,(H,14,16)(H,15,17)/t10-/m1/s1. The zero-order chi connectivity index (χ0) is 14.9. The maximum Gasteiger partial charge on any atom is 0.408 e. The highest BCUT2D eigenvalue weighted by Gasteiger charge is 2.23. The molecule has 0 bridgehead atoms. The average Bonchev–Trinajstić information content (AvgIpc) is 2.29. The van der Waals surface area contributed by atoms with Crippen LogP contribution in [0.25, 0.3) is 0 Å². The Bertz CT molecular complexity index is 287. The van der Waals surface area contributed by atoms with E-state index in [1.54, 1.807) is 20.8 Å². The Hall–Kier alpha value is -1.30. The van der Waals surface area contributed by atoms with Crippen LogP contribution in [0.2, 0.25) is 0 Å². The molecule has 0 heterocycles. The van der Waals surface area contributed by atoms with E-state index in [0.717, 1.165) is 12.8 Å². The minimum absolute atomic E-state index is 0.122. The van der Waals surface area contributed by atoms with E-state index >= 15 is 0 Å². The fourth-order valence-electron chi connectivity index (χ4n) is 1.39. The summed E-state index contributed by atoms with van der Waals surface area (Å²) in [4.78, 5) is 23.5. The predicted molar refractivity (Wildman–Crippen MR) is 72.7 cm³/mol. The molecule has 0 spiro atoms. The quantitative estimate of drug-likeness (QED) is 0.694. The summed E-state index contributed by atoms with van der Waals surface area (Å²) in [7, 11) is 1.49. The largest absolute Gasteiger partial charge is 0.444 e. The first-order chi connectivity index (χ1) is 8.80. The third-order valence-electron chi connectivity index (χ3n) is 2.24. The number of nitrogens with one attached hydrogen (secondary N) is 2. The van der Waals surface area contributed by atoms with Crippen molar-refractivity contribution >= 4 is 12.0 Å². The van der Waals surface area contributed by atoms with Crippen LogP contribution in [-0.2, 0) is 14.3 Å². The van der Waals surface area contributed by atoms with Gasteiger partial charge in [-0.2, -0.15) is 0 Å². The van der Waals surface area contributed by atoms with E-state index in [1.165, 1.54) is 7.11 Å². The Balaban J connectivity index is 4.41. The van der Waals surface area contributed by atoms with Gasteiger partial charge >= 0.3 is 6.09 Å². The van der Waals surface area contributed by atoms with Gasteiger partial charge in [0.25, 0.3) is 0 Å². The Kier molecular flexibility index (Phi) is 8.14. The monoisotopic (exact) mass is 274 g/mol. The highest BCUT2D eigenvalue weighted by atomic mass is 16.6. The van der Waals surface area contributed by atoms with Crippen LogP contribution in [0.1, 0.15) is 47.0 Å². The first-order valence-electron chi connectivity index (χ1n) is 6.56. The second-order valence-corrected chi connectivity index (χ2v) is 5.32. The third kappa shape index (κ3) is 9.30. The van der Waals surface area contributed by atoms with E-state index in [4.69, 9.17) is 9.47 Å². The molecule has 6 heteroatoms. The van der Waals surface area contributed by atoms with E-state index in [2.05, 4.69) is 10.6 Å². The van der Waals surface area contributed by atoms with E-state index in [-0.39, 0.29) is 12.6 Å². The van der Waals surface area contributed by atoms with Gasteiger partial charge in [-0.1, -0.05) is 19.8 Å². The minimum atomic E-state index is -0.593. The summed E-state index contributed by atoms with van der Waals surface area (Å²) >= 11 is 0. The second-order valence-electron chi connectivity index (χ2n) is 5.32. The molecule has 2 amide bonds. The lowest BCUT2D eigenvalue weighted by atomic mass is 10.1. The lowest BCUT2D eigenvalue weighted by molar-refractivity contribution is -0.124. The van der Waals surface area contributed by atoms with E-state index in [1.807, 2.05) is 6.92 Å². The van der Waals surface area contributed by atoms with Crippen LogP contribution in [0.3, 0.4) is 0 Å². The predicted octanol–water partition coefficient (Wildman–Crippen LogP) is 1.79. The topological polar surface area (TPSA) is 76.7 Å². The molecule has 0 fully saturated rings. The molecule has 0 aromatic heterocycles. The highest BCUT2D eigenvalue weighted by molar-refractivity contribution is 5.85. The van der Waals surface area contributed by atoms with Gasteiger partial charge in [-0.25, -0.2) is 4.79 Å². The number of amides is 2. The molecule has 0 radical (unpaired) electrons. The van der Waals surface area contributed by atoms with Crippen molar-refractivity contribution < 1.29 is 19.1 Å². The van der Waals surface area contributed by atoms with Crippen LogP contribution < -0.4 is 10.6 Å². The molecule has 0 rings (SSSR count). The first-order valence-corrected chi connectivity index (χ1v) is 6.56. The normalized spacial score (nSPS) is 12.7. The number of hydrogen-bond acceptors (Lipinski definition) is 4. The van der Waals surface area contributed by atoms with Gasteiger partial charge in [0.05, 0.1) is 0 Å². The van der Waals surface area contributed by atoms with Crippen LogP contribution in [0.5, 0.6) is 0 Å². The molecule has 0 aromatic rings. The summed E-state index contributed by atoms with van der Waals surface area (Å²) in [6, 6.07) is -0.593. The molecule has 0 saturated heterocycles. The van der Waals surface area contributed by atoms with Crippen molar-refractivity contribution in [3.63, 3.8) is 0 Å². The number of unbranched alkanes of at least 4 members (excludes halogenated alkanes) is 1. The molecule has 0 aromatic carbocycles. The van der Waals surface area contributed by atoms with Crippen molar-refractivity contribution in [2.24, 2.45) is 0 Å². The molecule has 0 saturated carbocycles. The highest BCUT2D eigenvalue weighted by Crippen LogP contribution is 2.08. The van der Waals surface area contributed by atoms with Gasteiger partial charge in [-0.3, -0.25) is 4.79 Å². The van der Waals surface area contributed by atoms with Crippen molar-refractivity contribution in [1.29, 1.82) is 0 Å². The van der Waals surface area contributed by atoms with Crippen LogP contribution in [0.4, 0.5) is 4.79 Å². The molecule has 1 atom stereocenters. The van der Waals surface area contributed by atoms with Crippen LogP contribution in [0, 0.1) is 0 Å². The van der Waals surface area contributed by atoms with Gasteiger partial charge in [-0.15, -0.1) is 0 Å². The molecule has 0 aliphatic carbocycles. The average molecular weight is 274 g/mol. The first kappa shape index (κ1) is 17.7. The molecule has 0 unspecified atom stereocenters. The number of rotatable bonds is 7.